The van der Waals surface area contributed by atoms with E-state index in [-0.39, 0.29) is 5.69 Å². The Balaban J connectivity index is 1.62. The second-order valence-corrected chi connectivity index (χ2v) is 9.15. The van der Waals surface area contributed by atoms with Crippen molar-refractivity contribution in [1.29, 1.82) is 0 Å². The van der Waals surface area contributed by atoms with Crippen molar-refractivity contribution in [3.8, 4) is 21.7 Å². The number of sulfonamides is 1. The number of nitrogens with zero attached hydrogens (tertiary/aromatic N) is 1. The molecule has 0 radical (unpaired) electrons. The first-order valence-electron chi connectivity index (χ1n) is 8.93. The van der Waals surface area contributed by atoms with Crippen LogP contribution in [0.25, 0.3) is 21.7 Å². The zero-order valence-corrected chi connectivity index (χ0v) is 17.4. The summed E-state index contributed by atoms with van der Waals surface area (Å²) >= 11 is 1.55. The molecule has 0 fully saturated rings. The van der Waals surface area contributed by atoms with E-state index in [1.54, 1.807) is 41.8 Å². The molecule has 30 heavy (non-hydrogen) atoms. The molecule has 4 aromatic rings. The van der Waals surface area contributed by atoms with Gasteiger partial charge in [-0.25, -0.2) is 22.2 Å². The van der Waals surface area contributed by atoms with E-state index in [2.05, 4.69) is 9.71 Å². The lowest BCUT2D eigenvalue weighted by molar-refractivity contribution is 0.485. The van der Waals surface area contributed by atoms with Crippen molar-refractivity contribution < 1.29 is 17.2 Å². The van der Waals surface area contributed by atoms with Crippen LogP contribution in [0.5, 0.6) is 0 Å². The highest BCUT2D eigenvalue weighted by atomic mass is 32.2. The maximum Gasteiger partial charge on any atom is 0.264 e. The number of aryl methyl sites for hydroxylation is 1. The summed E-state index contributed by atoms with van der Waals surface area (Å²) in [4.78, 5) is 3.59. The van der Waals surface area contributed by atoms with E-state index < -0.39 is 26.6 Å². The summed E-state index contributed by atoms with van der Waals surface area (Å²) in [6, 6.07) is 15.8. The van der Waals surface area contributed by atoms with Gasteiger partial charge in [0, 0.05) is 22.8 Å². The summed E-state index contributed by atoms with van der Waals surface area (Å²) in [7, 11) is -4.26. The van der Waals surface area contributed by atoms with Gasteiger partial charge >= 0.3 is 0 Å². The van der Waals surface area contributed by atoms with Crippen LogP contribution in [0.15, 0.2) is 77.1 Å². The quantitative estimate of drug-likeness (QED) is 0.421. The zero-order chi connectivity index (χ0) is 21.3. The highest BCUT2D eigenvalue weighted by Gasteiger charge is 2.21. The molecule has 0 saturated carbocycles. The molecule has 0 aliphatic heterocycles. The first-order chi connectivity index (χ1) is 14.3. The third-order valence-electron chi connectivity index (χ3n) is 4.57. The summed E-state index contributed by atoms with van der Waals surface area (Å²) in [5.74, 6) is -2.62. The van der Waals surface area contributed by atoms with Gasteiger partial charge in [-0.2, -0.15) is 0 Å². The zero-order valence-electron chi connectivity index (χ0n) is 15.8. The fourth-order valence-electron chi connectivity index (χ4n) is 3.05. The van der Waals surface area contributed by atoms with Gasteiger partial charge in [0.15, 0.2) is 11.6 Å². The summed E-state index contributed by atoms with van der Waals surface area (Å²) in [6.45, 7) is 1.99. The molecule has 0 saturated heterocycles. The van der Waals surface area contributed by atoms with Crippen molar-refractivity contribution in [2.75, 3.05) is 4.72 Å². The molecule has 152 valence electrons. The predicted molar refractivity (Wildman–Crippen MR) is 115 cm³/mol. The van der Waals surface area contributed by atoms with Crippen LogP contribution < -0.4 is 4.72 Å². The second kappa shape index (κ2) is 7.97. The largest absolute Gasteiger partial charge is 0.280 e. The summed E-state index contributed by atoms with van der Waals surface area (Å²) < 4.78 is 54.4. The van der Waals surface area contributed by atoms with Gasteiger partial charge in [0.2, 0.25) is 0 Å². The SMILES string of the molecule is Cc1ccc(-c2nccs2)cc1-c1ccc(NS(=O)(=O)c2cccc(F)c2F)cc1. The van der Waals surface area contributed by atoms with Crippen molar-refractivity contribution in [2.45, 2.75) is 11.8 Å². The Morgan fingerprint density at radius 1 is 0.967 bits per heavy atom. The number of thiazole rings is 1. The molecule has 0 unspecified atom stereocenters. The Kier molecular flexibility index (Phi) is 5.36. The first-order valence-corrected chi connectivity index (χ1v) is 11.3. The predicted octanol–water partition coefficient (Wildman–Crippen LogP) is 5.86. The summed E-state index contributed by atoms with van der Waals surface area (Å²) in [5, 5.41) is 2.83. The van der Waals surface area contributed by atoms with Crippen LogP contribution in [0, 0.1) is 18.6 Å². The highest BCUT2D eigenvalue weighted by Crippen LogP contribution is 2.31. The molecule has 0 bridgehead atoms. The fraction of sp³-hybridized carbons (Fsp3) is 0.0455. The molecule has 0 amide bonds. The van der Waals surface area contributed by atoms with Gasteiger partial charge in [-0.3, -0.25) is 4.72 Å². The van der Waals surface area contributed by atoms with Gasteiger partial charge < -0.3 is 0 Å². The van der Waals surface area contributed by atoms with E-state index in [0.717, 1.165) is 45.5 Å². The van der Waals surface area contributed by atoms with E-state index in [1.165, 1.54) is 0 Å². The van der Waals surface area contributed by atoms with Gasteiger partial charge in [0.1, 0.15) is 9.90 Å². The standard InChI is InChI=1S/C22H16F2N2O2S2/c1-14-5-6-16(22-25-11-12-29-22)13-18(14)15-7-9-17(10-8-15)26-30(27,28)20-4-2-3-19(23)21(20)24/h2-13,26H,1H3. The molecule has 0 atom stereocenters. The minimum atomic E-state index is -4.26. The van der Waals surface area contributed by atoms with Crippen molar-refractivity contribution in [1.82, 2.24) is 4.98 Å². The molecule has 1 N–H and O–H groups in total. The third kappa shape index (κ3) is 3.96. The van der Waals surface area contributed by atoms with Crippen LogP contribution in [0.4, 0.5) is 14.5 Å². The van der Waals surface area contributed by atoms with Gasteiger partial charge in [0.05, 0.1) is 0 Å². The number of halogens is 2. The molecule has 0 aliphatic carbocycles. The molecule has 1 aromatic heterocycles. The van der Waals surface area contributed by atoms with Crippen molar-refractivity contribution in [3.63, 3.8) is 0 Å². The van der Waals surface area contributed by atoms with Crippen LogP contribution in [0.1, 0.15) is 5.56 Å². The normalized spacial score (nSPS) is 11.4. The Morgan fingerprint density at radius 2 is 1.70 bits per heavy atom. The van der Waals surface area contributed by atoms with E-state index in [1.807, 2.05) is 30.5 Å². The molecule has 3 aromatic carbocycles. The Hall–Kier alpha value is -3.10. The van der Waals surface area contributed by atoms with Crippen LogP contribution in [0.3, 0.4) is 0 Å². The number of nitrogens with one attached hydrogen (secondary N) is 1. The minimum absolute atomic E-state index is 0.246. The molecule has 1 heterocycles. The average Bonchev–Trinajstić information content (AvgIpc) is 3.25. The molecular formula is C22H16F2N2O2S2. The van der Waals surface area contributed by atoms with Gasteiger partial charge in [-0.15, -0.1) is 11.3 Å². The lowest BCUT2D eigenvalue weighted by atomic mass is 9.98. The molecule has 4 nitrogen and oxygen atoms in total. The van der Waals surface area contributed by atoms with E-state index in [0.29, 0.717) is 0 Å². The second-order valence-electron chi connectivity index (χ2n) is 6.60. The summed E-state index contributed by atoms with van der Waals surface area (Å²) in [5.41, 5.74) is 4.19. The van der Waals surface area contributed by atoms with Crippen molar-refractivity contribution in [3.05, 3.63) is 89.4 Å². The average molecular weight is 443 g/mol. The number of hydrogen-bond acceptors (Lipinski definition) is 4. The maximum atomic E-state index is 13.9. The smallest absolute Gasteiger partial charge is 0.264 e. The van der Waals surface area contributed by atoms with Gasteiger partial charge in [0.25, 0.3) is 10.0 Å². The Labute approximate surface area is 176 Å². The maximum absolute atomic E-state index is 13.9. The third-order valence-corrected chi connectivity index (χ3v) is 6.79. The molecule has 4 rings (SSSR count). The molecule has 0 spiro atoms. The fourth-order valence-corrected chi connectivity index (χ4v) is 4.83. The topological polar surface area (TPSA) is 59.1 Å². The lowest BCUT2D eigenvalue weighted by Gasteiger charge is -2.11. The van der Waals surface area contributed by atoms with E-state index >= 15 is 0 Å². The van der Waals surface area contributed by atoms with Crippen molar-refractivity contribution in [2.24, 2.45) is 0 Å². The van der Waals surface area contributed by atoms with Crippen LogP contribution in [0.2, 0.25) is 0 Å². The summed E-state index contributed by atoms with van der Waals surface area (Å²) in [6.07, 6.45) is 1.75. The van der Waals surface area contributed by atoms with E-state index in [9.17, 15) is 17.2 Å². The Bertz CT molecular complexity index is 1300. The van der Waals surface area contributed by atoms with Crippen LogP contribution in [-0.4, -0.2) is 13.4 Å². The molecular weight excluding hydrogens is 426 g/mol. The first kappa shape index (κ1) is 20.2. The van der Waals surface area contributed by atoms with Crippen molar-refractivity contribution >= 4 is 27.0 Å². The van der Waals surface area contributed by atoms with E-state index in [4.69, 9.17) is 0 Å². The minimum Gasteiger partial charge on any atom is -0.280 e. The van der Waals surface area contributed by atoms with Crippen LogP contribution >= 0.6 is 11.3 Å². The van der Waals surface area contributed by atoms with Crippen LogP contribution in [-0.2, 0) is 10.0 Å². The number of hydrogen-bond donors (Lipinski definition) is 1. The number of rotatable bonds is 5. The number of aromatic nitrogens is 1. The van der Waals surface area contributed by atoms with Gasteiger partial charge in [-0.05, 0) is 53.9 Å². The Morgan fingerprint density at radius 3 is 2.40 bits per heavy atom. The number of benzene rings is 3. The van der Waals surface area contributed by atoms with Gasteiger partial charge in [-0.1, -0.05) is 30.3 Å². The monoisotopic (exact) mass is 442 g/mol. The molecule has 8 heteroatoms. The molecule has 0 aliphatic rings. The lowest BCUT2D eigenvalue weighted by Crippen LogP contribution is -2.15. The number of anilines is 1. The highest BCUT2D eigenvalue weighted by molar-refractivity contribution is 7.92.